The number of H-pyrrole nitrogens is 1. The van der Waals surface area contributed by atoms with Gasteiger partial charge in [-0.25, -0.2) is 39.5 Å². The van der Waals surface area contributed by atoms with Gasteiger partial charge in [-0.3, -0.25) is 9.80 Å². The molecule has 0 spiro atoms. The van der Waals surface area contributed by atoms with Crippen LogP contribution in [0.1, 0.15) is 124 Å². The van der Waals surface area contributed by atoms with Crippen LogP contribution in [0.15, 0.2) is 110 Å². The van der Waals surface area contributed by atoms with Crippen molar-refractivity contribution in [2.75, 3.05) is 55.2 Å². The van der Waals surface area contributed by atoms with Gasteiger partial charge in [-0.2, -0.15) is 54.8 Å². The molecule has 119 heavy (non-hydrogen) atoms. The molecule has 10 aromatic rings. The number of carbonyl (C=O) groups excluding carboxylic acids is 3. The first-order valence-corrected chi connectivity index (χ1v) is 41.8. The predicted octanol–water partition coefficient (Wildman–Crippen LogP) is 16.7. The molecular formula is C81H92BrF9N19O6S3+. The maximum atomic E-state index is 12.9. The number of nitrogens with one attached hydrogen (secondary N) is 7. The number of likely N-dealkylation sites (tertiary alicyclic amines) is 2. The van der Waals surface area contributed by atoms with Crippen LogP contribution in [0, 0.1) is 22.7 Å². The van der Waals surface area contributed by atoms with E-state index >= 15 is 0 Å². The lowest BCUT2D eigenvalue weighted by atomic mass is 9.98. The first-order valence-electron chi connectivity index (χ1n) is 38.2. The monoisotopic (exact) mass is 1770 g/mol. The Morgan fingerprint density at radius 3 is 1.53 bits per heavy atom. The van der Waals surface area contributed by atoms with E-state index in [2.05, 4.69) is 123 Å². The van der Waals surface area contributed by atoms with Gasteiger partial charge in [0.2, 0.25) is 5.69 Å². The molecule has 634 valence electrons. The number of halogens is 10. The van der Waals surface area contributed by atoms with Crippen LogP contribution in [0.3, 0.4) is 0 Å². The average Bonchev–Trinajstić information content (AvgIpc) is 1.65. The van der Waals surface area contributed by atoms with Gasteiger partial charge in [-0.1, -0.05) is 63.0 Å². The fourth-order valence-corrected chi connectivity index (χ4v) is 17.4. The third-order valence-corrected chi connectivity index (χ3v) is 22.7. The molecule has 0 bridgehead atoms. The second-order valence-electron chi connectivity index (χ2n) is 32.1. The molecule has 3 aromatic carbocycles. The Labute approximate surface area is 701 Å². The SMILES string of the molecule is CC(C)(C)OC(=O)N[C@H]1CN(Cc2ccccc2)CC[C@@H]1Nc1ncnc2sc(CC(F)(F)F)cc12.CC(C)(C)OC(=O)N[C@H]1CNCC[C@@H]1Nc1ncnc2sc(CC(F)(F)F)cc12.CC(C)(C)OC(=O)[N+]1=C(C#N)Cc2cc(CBr)ccc21.N#Cc1cc2cc(CN3CC[C@H](Nc4ncnc5sc(CC(F)(F)F)cc45)[C@@H](N)C3)ccc2[nH]1. The number of hydrogen-bond acceptors (Lipinski definition) is 24. The molecule has 0 saturated carbocycles. The summed E-state index contributed by atoms with van der Waals surface area (Å²) in [6.45, 7) is 21.8. The van der Waals surface area contributed by atoms with Gasteiger partial charge in [0.05, 0.1) is 66.0 Å². The van der Waals surface area contributed by atoms with Crippen molar-refractivity contribution in [3.05, 3.63) is 153 Å². The third kappa shape index (κ3) is 26.3. The van der Waals surface area contributed by atoms with Gasteiger partial charge in [-0.15, -0.1) is 34.0 Å². The Kier molecular flexibility index (Phi) is 28.8. The minimum atomic E-state index is -4.30. The van der Waals surface area contributed by atoms with Crippen molar-refractivity contribution >= 4 is 139 Å². The number of nitriles is 2. The van der Waals surface area contributed by atoms with Gasteiger partial charge in [0.15, 0.2) is 6.07 Å². The number of anilines is 3. The molecule has 0 radical (unpaired) electrons. The summed E-state index contributed by atoms with van der Waals surface area (Å²) < 4.78 is 133. The molecule has 11 heterocycles. The van der Waals surface area contributed by atoms with E-state index in [0.717, 1.165) is 112 Å². The van der Waals surface area contributed by atoms with Crippen molar-refractivity contribution in [2.24, 2.45) is 5.73 Å². The van der Waals surface area contributed by atoms with Gasteiger partial charge in [-0.05, 0) is 147 Å². The summed E-state index contributed by atoms with van der Waals surface area (Å²) in [4.78, 5) is 72.0. The summed E-state index contributed by atoms with van der Waals surface area (Å²) in [5.41, 5.74) is 11.7. The maximum absolute atomic E-state index is 12.9. The number of alkyl carbamates (subject to hydrolysis) is 2. The number of aromatic amines is 1. The summed E-state index contributed by atoms with van der Waals surface area (Å²) >= 11 is 6.46. The zero-order valence-electron chi connectivity index (χ0n) is 66.6. The number of rotatable bonds is 16. The van der Waals surface area contributed by atoms with Crippen LogP contribution in [0.4, 0.5) is 77.0 Å². The number of amides is 3. The molecule has 7 aromatic heterocycles. The smallest absolute Gasteiger partial charge is 0.444 e. The van der Waals surface area contributed by atoms with Crippen LogP contribution in [0.25, 0.3) is 41.6 Å². The van der Waals surface area contributed by atoms with E-state index < -0.39 is 72.9 Å². The average molecular weight is 1770 g/mol. The molecular weight excluding hydrogens is 1680 g/mol. The summed E-state index contributed by atoms with van der Waals surface area (Å²) in [6.07, 6.45) is -10.7. The molecule has 3 amide bonds. The molecule has 9 N–H and O–H groups in total. The number of nitrogens with two attached hydrogens (primary N) is 1. The van der Waals surface area contributed by atoms with E-state index in [0.29, 0.717) is 98.4 Å². The van der Waals surface area contributed by atoms with Gasteiger partial charge >= 0.3 is 36.8 Å². The molecule has 4 aliphatic heterocycles. The number of alkyl halides is 10. The van der Waals surface area contributed by atoms with Crippen LogP contribution in [-0.4, -0.2) is 184 Å². The Morgan fingerprint density at radius 1 is 0.563 bits per heavy atom. The molecule has 0 unspecified atom stereocenters. The second-order valence-corrected chi connectivity index (χ2v) is 36.1. The van der Waals surface area contributed by atoms with E-state index in [1.807, 2.05) is 75.4 Å². The molecule has 14 rings (SSSR count). The molecule has 3 fully saturated rings. The Hall–Kier alpha value is -9.93. The van der Waals surface area contributed by atoms with E-state index in [9.17, 15) is 59.2 Å². The van der Waals surface area contributed by atoms with Crippen LogP contribution in [0.5, 0.6) is 0 Å². The van der Waals surface area contributed by atoms with Gasteiger partial charge in [0.1, 0.15) is 79.5 Å². The number of ether oxygens (including phenoxy) is 3. The number of fused-ring (bicyclic) bond motifs is 5. The highest BCUT2D eigenvalue weighted by Gasteiger charge is 2.41. The third-order valence-electron chi connectivity index (χ3n) is 18.9. The number of benzene rings is 3. The highest BCUT2D eigenvalue weighted by molar-refractivity contribution is 9.08. The van der Waals surface area contributed by atoms with E-state index in [1.165, 1.54) is 47.3 Å². The van der Waals surface area contributed by atoms with Gasteiger partial charge in [0, 0.05) is 100 Å². The van der Waals surface area contributed by atoms with Crippen molar-refractivity contribution in [3.8, 4) is 12.1 Å². The zero-order chi connectivity index (χ0) is 85.9. The van der Waals surface area contributed by atoms with Crippen LogP contribution < -0.4 is 37.6 Å². The fourth-order valence-electron chi connectivity index (χ4n) is 13.9. The zero-order valence-corrected chi connectivity index (χ0v) is 70.7. The fraction of sp³-hybridized carbons (Fsp3) is 0.457. The van der Waals surface area contributed by atoms with Crippen molar-refractivity contribution in [3.63, 3.8) is 0 Å². The molecule has 3 saturated heterocycles. The van der Waals surface area contributed by atoms with Crippen LogP contribution in [0.2, 0.25) is 0 Å². The second kappa shape index (κ2) is 38.2. The normalized spacial score (nSPS) is 18.7. The number of hydrogen-bond donors (Lipinski definition) is 8. The number of aromatic nitrogens is 7. The Bertz CT molecular complexity index is 5340. The van der Waals surface area contributed by atoms with Crippen molar-refractivity contribution in [2.45, 2.75) is 197 Å². The number of thiophene rings is 3. The first kappa shape index (κ1) is 89.8. The van der Waals surface area contributed by atoms with Crippen LogP contribution in [-0.2, 0) is 58.3 Å². The number of carbonyl (C=O) groups is 3. The van der Waals surface area contributed by atoms with Crippen molar-refractivity contribution in [1.82, 2.24) is 60.6 Å². The summed E-state index contributed by atoms with van der Waals surface area (Å²) in [7, 11) is 0. The highest BCUT2D eigenvalue weighted by atomic mass is 79.9. The Balaban J connectivity index is 0.000000158. The molecule has 4 aliphatic rings. The van der Waals surface area contributed by atoms with E-state index in [4.69, 9.17) is 25.2 Å². The standard InChI is InChI=1S/C25H30F3N5O2S.C23H22F3N7S.C18H24F3N5O2S.C15H16BrN2O2/c1-24(2,3)35-23(34)32-20-14-33(13-16-7-5-4-6-8-16)10-9-19(20)31-21-18-11-17(12-25(26,27)28)36-22(18)30-15-29-21;24-23(25,26)8-16-7-17-21(29-12-30-22(17)34-16)32-20-3-4-33(11-18(20)28)10-13-1-2-19-14(5-13)6-15(9-27)31-19;1-17(2,3)28-16(27)26-13-8-22-5-4-12(13)25-14-11-6-10(7-18(19,20)21)29-15(11)24-9-23-14;1-15(2,3)20-14(19)18-12(9-17)7-11-6-10(8-16)4-5-13(11)18/h4-8,11,15,19-20H,9-10,12-14H2,1-3H3,(H,32,34)(H,29,30,31);1-2,5-7,12,18,20,31H,3-4,8,10-11,28H2,(H,29,30,32);6,9,12-13,22H,4-5,7-8H2,1-3H3,(H,26,27)(H,23,24,25);4-6H,7-8H2,1-3H3/q;;;+1/t19-,20-;18-,20-;12-,13-;/m000./s1. The summed E-state index contributed by atoms with van der Waals surface area (Å²) in [6, 6.07) is 31.4. The predicted molar refractivity (Wildman–Crippen MR) is 444 cm³/mol. The lowest BCUT2D eigenvalue weighted by Crippen LogP contribution is -2.57. The van der Waals surface area contributed by atoms with E-state index in [1.54, 1.807) is 41.5 Å². The maximum Gasteiger partial charge on any atom is 0.603 e. The largest absolute Gasteiger partial charge is 0.603 e. The quantitative estimate of drug-likeness (QED) is 0.0193. The highest BCUT2D eigenvalue weighted by Crippen LogP contribution is 2.38. The Morgan fingerprint density at radius 2 is 1.04 bits per heavy atom. The topological polar surface area (TPSA) is 327 Å². The molecule has 6 atom stereocenters. The molecule has 38 heteroatoms. The minimum absolute atomic E-state index is 0.0503. The van der Waals surface area contributed by atoms with Gasteiger partial charge in [0.25, 0.3) is 5.71 Å². The molecule has 0 aliphatic carbocycles. The van der Waals surface area contributed by atoms with Crippen LogP contribution >= 0.6 is 49.9 Å². The lowest BCUT2D eigenvalue weighted by Gasteiger charge is -2.39. The lowest BCUT2D eigenvalue weighted by molar-refractivity contribution is -0.359. The van der Waals surface area contributed by atoms with Crippen molar-refractivity contribution < 1.29 is 72.7 Å². The first-order chi connectivity index (χ1) is 56.1. The summed E-state index contributed by atoms with van der Waals surface area (Å²) in [5.74, 6) is 1.44. The summed E-state index contributed by atoms with van der Waals surface area (Å²) in [5, 5.41) is 40.8. The number of piperidine rings is 3. The molecule has 25 nitrogen and oxygen atoms in total. The van der Waals surface area contributed by atoms with E-state index in [-0.39, 0.29) is 50.9 Å². The van der Waals surface area contributed by atoms with Gasteiger partial charge < -0.3 is 56.8 Å². The minimum Gasteiger partial charge on any atom is -0.444 e. The number of nitrogens with zero attached hydrogens (tertiary/aromatic N) is 11. The van der Waals surface area contributed by atoms with Crippen molar-refractivity contribution in [1.29, 1.82) is 10.5 Å².